The first-order valence-electron chi connectivity index (χ1n) is 7.06. The van der Waals surface area contributed by atoms with Gasteiger partial charge in [-0.1, -0.05) is 47.5 Å². The van der Waals surface area contributed by atoms with Crippen molar-refractivity contribution >= 4 is 52.2 Å². The molecule has 0 aliphatic carbocycles. The van der Waals surface area contributed by atoms with E-state index in [9.17, 15) is 0 Å². The van der Waals surface area contributed by atoms with Crippen molar-refractivity contribution < 1.29 is 0 Å². The standard InChI is InChI=1S/C16H13Cl2N5S/c17-13-7-6-11(8-14(13)18)9-23-10-19-15(22-23)21-16(24)20-12-4-2-1-3-5-12/h1-8,10H,9H2,(H2,20,21,22,24). The summed E-state index contributed by atoms with van der Waals surface area (Å²) >= 11 is 17.2. The number of anilines is 2. The molecule has 0 spiro atoms. The minimum absolute atomic E-state index is 0.420. The summed E-state index contributed by atoms with van der Waals surface area (Å²) in [6.07, 6.45) is 1.62. The van der Waals surface area contributed by atoms with Crippen molar-refractivity contribution in [3.05, 3.63) is 70.5 Å². The summed E-state index contributed by atoms with van der Waals surface area (Å²) < 4.78 is 1.69. The van der Waals surface area contributed by atoms with E-state index in [1.54, 1.807) is 23.1 Å². The van der Waals surface area contributed by atoms with Gasteiger partial charge in [-0.2, -0.15) is 0 Å². The summed E-state index contributed by atoms with van der Waals surface area (Å²) in [7, 11) is 0. The van der Waals surface area contributed by atoms with E-state index >= 15 is 0 Å². The molecule has 0 radical (unpaired) electrons. The van der Waals surface area contributed by atoms with Gasteiger partial charge in [0.1, 0.15) is 6.33 Å². The molecular weight excluding hydrogens is 365 g/mol. The van der Waals surface area contributed by atoms with Crippen molar-refractivity contribution in [2.45, 2.75) is 6.54 Å². The number of nitrogens with zero attached hydrogens (tertiary/aromatic N) is 3. The number of aromatic nitrogens is 3. The number of nitrogens with one attached hydrogen (secondary N) is 2. The minimum Gasteiger partial charge on any atom is -0.332 e. The molecule has 0 aliphatic heterocycles. The van der Waals surface area contributed by atoms with Gasteiger partial charge in [-0.05, 0) is 42.0 Å². The van der Waals surface area contributed by atoms with Crippen LogP contribution in [-0.2, 0) is 6.54 Å². The highest BCUT2D eigenvalue weighted by molar-refractivity contribution is 7.80. The number of para-hydroxylation sites is 1. The average Bonchev–Trinajstić information content (AvgIpc) is 2.98. The van der Waals surface area contributed by atoms with E-state index < -0.39 is 0 Å². The van der Waals surface area contributed by atoms with Gasteiger partial charge in [0, 0.05) is 5.69 Å². The molecular formula is C16H13Cl2N5S. The summed E-state index contributed by atoms with van der Waals surface area (Å²) in [6.45, 7) is 0.532. The first-order valence-corrected chi connectivity index (χ1v) is 8.23. The largest absolute Gasteiger partial charge is 0.332 e. The summed E-state index contributed by atoms with van der Waals surface area (Å²) in [4.78, 5) is 4.19. The van der Waals surface area contributed by atoms with Crippen LogP contribution in [0.5, 0.6) is 0 Å². The molecule has 0 saturated carbocycles. The normalized spacial score (nSPS) is 10.4. The molecule has 0 fully saturated rings. The van der Waals surface area contributed by atoms with Crippen LogP contribution in [0.3, 0.4) is 0 Å². The minimum atomic E-state index is 0.420. The molecule has 0 bridgehead atoms. The molecule has 3 aromatic rings. The Hall–Kier alpha value is -2.15. The van der Waals surface area contributed by atoms with Gasteiger partial charge in [-0.25, -0.2) is 9.67 Å². The number of thiocarbonyl (C=S) groups is 1. The van der Waals surface area contributed by atoms with E-state index in [1.807, 2.05) is 36.4 Å². The van der Waals surface area contributed by atoms with Crippen LogP contribution in [0.25, 0.3) is 0 Å². The van der Waals surface area contributed by atoms with Crippen LogP contribution in [0.15, 0.2) is 54.9 Å². The molecule has 24 heavy (non-hydrogen) atoms. The fourth-order valence-electron chi connectivity index (χ4n) is 2.04. The predicted molar refractivity (Wildman–Crippen MR) is 102 cm³/mol. The van der Waals surface area contributed by atoms with Gasteiger partial charge < -0.3 is 5.32 Å². The zero-order valence-corrected chi connectivity index (χ0v) is 14.7. The molecule has 0 atom stereocenters. The Morgan fingerprint density at radius 2 is 1.83 bits per heavy atom. The molecule has 8 heteroatoms. The van der Waals surface area contributed by atoms with Gasteiger partial charge in [0.15, 0.2) is 5.11 Å². The molecule has 1 aromatic heterocycles. The molecule has 0 saturated heterocycles. The molecule has 2 N–H and O–H groups in total. The van der Waals surface area contributed by atoms with Crippen molar-refractivity contribution in [1.82, 2.24) is 14.8 Å². The van der Waals surface area contributed by atoms with Crippen molar-refractivity contribution in [2.75, 3.05) is 10.6 Å². The zero-order valence-electron chi connectivity index (χ0n) is 12.4. The highest BCUT2D eigenvalue weighted by Crippen LogP contribution is 2.22. The predicted octanol–water partition coefficient (Wildman–Crippen LogP) is 4.44. The first kappa shape index (κ1) is 16.7. The fraction of sp³-hybridized carbons (Fsp3) is 0.0625. The van der Waals surface area contributed by atoms with E-state index in [1.165, 1.54) is 0 Å². The summed E-state index contributed by atoms with van der Waals surface area (Å²) in [6, 6.07) is 15.1. The monoisotopic (exact) mass is 377 g/mol. The summed E-state index contributed by atoms with van der Waals surface area (Å²) in [5.74, 6) is 0.420. The molecule has 5 nitrogen and oxygen atoms in total. The van der Waals surface area contributed by atoms with Crippen LogP contribution in [0.4, 0.5) is 11.6 Å². The maximum absolute atomic E-state index is 6.02. The maximum Gasteiger partial charge on any atom is 0.248 e. The van der Waals surface area contributed by atoms with Gasteiger partial charge in [0.25, 0.3) is 0 Å². The Kier molecular flexibility index (Phi) is 5.30. The Labute approximate surface area is 154 Å². The molecule has 1 heterocycles. The molecule has 2 aromatic carbocycles. The summed E-state index contributed by atoms with van der Waals surface area (Å²) in [5.41, 5.74) is 1.87. The van der Waals surface area contributed by atoms with E-state index in [4.69, 9.17) is 35.4 Å². The van der Waals surface area contributed by atoms with E-state index in [-0.39, 0.29) is 0 Å². The number of hydrogen-bond acceptors (Lipinski definition) is 3. The summed E-state index contributed by atoms with van der Waals surface area (Å²) in [5, 5.41) is 11.8. The van der Waals surface area contributed by atoms with E-state index in [2.05, 4.69) is 20.7 Å². The Morgan fingerprint density at radius 3 is 2.58 bits per heavy atom. The van der Waals surface area contributed by atoms with Crippen LogP contribution < -0.4 is 10.6 Å². The van der Waals surface area contributed by atoms with E-state index in [0.29, 0.717) is 27.7 Å². The number of halogens is 2. The Bertz CT molecular complexity index is 851. The molecule has 0 aliphatic rings. The highest BCUT2D eigenvalue weighted by atomic mass is 35.5. The first-order chi connectivity index (χ1) is 11.6. The SMILES string of the molecule is S=C(Nc1ccccc1)Nc1ncn(Cc2ccc(Cl)c(Cl)c2)n1. The Morgan fingerprint density at radius 1 is 1.04 bits per heavy atom. The second-order valence-electron chi connectivity index (χ2n) is 4.96. The number of benzene rings is 2. The van der Waals surface area contributed by atoms with Gasteiger partial charge in [-0.15, -0.1) is 5.10 Å². The average molecular weight is 378 g/mol. The topological polar surface area (TPSA) is 54.8 Å². The lowest BCUT2D eigenvalue weighted by molar-refractivity contribution is 0.687. The van der Waals surface area contributed by atoms with Crippen LogP contribution >= 0.6 is 35.4 Å². The Balaban J connectivity index is 1.60. The fourth-order valence-corrected chi connectivity index (χ4v) is 2.57. The van der Waals surface area contributed by atoms with E-state index in [0.717, 1.165) is 11.3 Å². The van der Waals surface area contributed by atoms with Gasteiger partial charge in [-0.3, -0.25) is 5.32 Å². The van der Waals surface area contributed by atoms with Crippen molar-refractivity contribution in [1.29, 1.82) is 0 Å². The third-order valence-electron chi connectivity index (χ3n) is 3.12. The van der Waals surface area contributed by atoms with Crippen molar-refractivity contribution in [3.63, 3.8) is 0 Å². The third kappa shape index (κ3) is 4.44. The van der Waals surface area contributed by atoms with Crippen molar-refractivity contribution in [3.8, 4) is 0 Å². The van der Waals surface area contributed by atoms with Gasteiger partial charge in [0.2, 0.25) is 5.95 Å². The van der Waals surface area contributed by atoms with Crippen LogP contribution in [0.1, 0.15) is 5.56 Å². The second-order valence-corrected chi connectivity index (χ2v) is 6.18. The van der Waals surface area contributed by atoms with Crippen molar-refractivity contribution in [2.24, 2.45) is 0 Å². The highest BCUT2D eigenvalue weighted by Gasteiger charge is 2.05. The molecule has 3 rings (SSSR count). The quantitative estimate of drug-likeness (QED) is 0.658. The lowest BCUT2D eigenvalue weighted by Gasteiger charge is -2.07. The van der Waals surface area contributed by atoms with Gasteiger partial charge in [0.05, 0.1) is 16.6 Å². The molecule has 0 unspecified atom stereocenters. The molecule has 0 amide bonds. The van der Waals surface area contributed by atoms with Crippen LogP contribution in [0.2, 0.25) is 10.0 Å². The molecule has 122 valence electrons. The van der Waals surface area contributed by atoms with Gasteiger partial charge >= 0.3 is 0 Å². The maximum atomic E-state index is 6.02. The van der Waals surface area contributed by atoms with Crippen LogP contribution in [0, 0.1) is 0 Å². The third-order valence-corrected chi connectivity index (χ3v) is 4.07. The smallest absolute Gasteiger partial charge is 0.248 e. The zero-order chi connectivity index (χ0) is 16.9. The number of hydrogen-bond donors (Lipinski definition) is 2. The van der Waals surface area contributed by atoms with Crippen LogP contribution in [-0.4, -0.2) is 19.9 Å². The second kappa shape index (κ2) is 7.61. The lowest BCUT2D eigenvalue weighted by atomic mass is 10.2. The lowest BCUT2D eigenvalue weighted by Crippen LogP contribution is -2.20. The number of rotatable bonds is 4.